The summed E-state index contributed by atoms with van der Waals surface area (Å²) < 4.78 is 5.18. The van der Waals surface area contributed by atoms with Crippen LogP contribution < -0.4 is 10.6 Å². The molecule has 1 aromatic rings. The minimum Gasteiger partial charge on any atom is -0.465 e. The lowest BCUT2D eigenvalue weighted by Crippen LogP contribution is -2.36. The van der Waals surface area contributed by atoms with Gasteiger partial charge in [0, 0.05) is 12.5 Å². The molecule has 2 N–H and O–H groups in total. The molecule has 3 rings (SSSR count). The summed E-state index contributed by atoms with van der Waals surface area (Å²) in [6.07, 6.45) is 3.13. The second-order valence-electron chi connectivity index (χ2n) is 6.83. The molecular formula is C19H26N2O3. The second-order valence-corrected chi connectivity index (χ2v) is 6.83. The summed E-state index contributed by atoms with van der Waals surface area (Å²) in [4.78, 5) is 24.8. The van der Waals surface area contributed by atoms with Crippen LogP contribution in [0, 0.1) is 11.3 Å². The molecule has 1 aromatic carbocycles. The van der Waals surface area contributed by atoms with Crippen molar-refractivity contribution in [2.75, 3.05) is 26.2 Å². The SMILES string of the molecule is CCOC(=O)C(CNC(=O)C1CC12CCNCC2)c1ccccc1. The molecule has 1 saturated carbocycles. The van der Waals surface area contributed by atoms with E-state index < -0.39 is 5.92 Å². The first-order valence-corrected chi connectivity index (χ1v) is 8.86. The van der Waals surface area contributed by atoms with Crippen molar-refractivity contribution >= 4 is 11.9 Å². The van der Waals surface area contributed by atoms with Crippen molar-refractivity contribution in [1.29, 1.82) is 0 Å². The third-order valence-corrected chi connectivity index (χ3v) is 5.36. The first kappa shape index (κ1) is 17.0. The molecule has 24 heavy (non-hydrogen) atoms. The lowest BCUT2D eigenvalue weighted by Gasteiger charge is -2.23. The van der Waals surface area contributed by atoms with E-state index in [1.54, 1.807) is 6.92 Å². The van der Waals surface area contributed by atoms with E-state index >= 15 is 0 Å². The first-order valence-electron chi connectivity index (χ1n) is 8.86. The fourth-order valence-electron chi connectivity index (χ4n) is 3.79. The Morgan fingerprint density at radius 1 is 1.29 bits per heavy atom. The van der Waals surface area contributed by atoms with E-state index in [9.17, 15) is 9.59 Å². The van der Waals surface area contributed by atoms with Crippen molar-refractivity contribution < 1.29 is 14.3 Å². The molecule has 2 fully saturated rings. The first-order chi connectivity index (χ1) is 11.7. The Morgan fingerprint density at radius 2 is 2.00 bits per heavy atom. The summed E-state index contributed by atoms with van der Waals surface area (Å²) in [5, 5.41) is 6.34. The Balaban J connectivity index is 1.59. The summed E-state index contributed by atoms with van der Waals surface area (Å²) in [5.41, 5.74) is 1.09. The number of esters is 1. The maximum Gasteiger partial charge on any atom is 0.315 e. The quantitative estimate of drug-likeness (QED) is 0.781. The summed E-state index contributed by atoms with van der Waals surface area (Å²) in [7, 11) is 0. The highest BCUT2D eigenvalue weighted by Crippen LogP contribution is 2.58. The highest BCUT2D eigenvalue weighted by atomic mass is 16.5. The van der Waals surface area contributed by atoms with E-state index in [-0.39, 0.29) is 23.2 Å². The Labute approximate surface area is 143 Å². The molecule has 2 aliphatic rings. The molecule has 5 heteroatoms. The summed E-state index contributed by atoms with van der Waals surface area (Å²) in [5.74, 6) is -0.533. The van der Waals surface area contributed by atoms with Gasteiger partial charge >= 0.3 is 5.97 Å². The van der Waals surface area contributed by atoms with Crippen LogP contribution in [-0.4, -0.2) is 38.1 Å². The van der Waals surface area contributed by atoms with Crippen molar-refractivity contribution in [3.8, 4) is 0 Å². The monoisotopic (exact) mass is 330 g/mol. The van der Waals surface area contributed by atoms with Crippen LogP contribution in [-0.2, 0) is 14.3 Å². The molecule has 1 spiro atoms. The summed E-state index contributed by atoms with van der Waals surface area (Å²) >= 11 is 0. The third-order valence-electron chi connectivity index (χ3n) is 5.36. The van der Waals surface area contributed by atoms with Gasteiger partial charge < -0.3 is 15.4 Å². The predicted molar refractivity (Wildman–Crippen MR) is 91.5 cm³/mol. The van der Waals surface area contributed by atoms with Gasteiger partial charge in [0.1, 0.15) is 0 Å². The number of rotatable bonds is 6. The lowest BCUT2D eigenvalue weighted by atomic mass is 9.91. The molecular weight excluding hydrogens is 304 g/mol. The lowest BCUT2D eigenvalue weighted by molar-refractivity contribution is -0.144. The number of carbonyl (C=O) groups is 2. The maximum absolute atomic E-state index is 12.5. The van der Waals surface area contributed by atoms with Crippen LogP contribution in [0.15, 0.2) is 30.3 Å². The van der Waals surface area contributed by atoms with Gasteiger partial charge in [-0.15, -0.1) is 0 Å². The Hall–Kier alpha value is -1.88. The maximum atomic E-state index is 12.5. The number of carbonyl (C=O) groups excluding carboxylic acids is 2. The molecule has 5 nitrogen and oxygen atoms in total. The zero-order valence-electron chi connectivity index (χ0n) is 14.2. The van der Waals surface area contributed by atoms with E-state index in [1.165, 1.54) is 0 Å². The number of piperidine rings is 1. The molecule has 130 valence electrons. The van der Waals surface area contributed by atoms with Crippen molar-refractivity contribution in [2.45, 2.75) is 32.1 Å². The normalized spacial score (nSPS) is 22.6. The smallest absolute Gasteiger partial charge is 0.315 e. The number of benzene rings is 1. The van der Waals surface area contributed by atoms with E-state index in [4.69, 9.17) is 4.74 Å². The van der Waals surface area contributed by atoms with E-state index in [0.717, 1.165) is 37.9 Å². The number of hydrogen-bond donors (Lipinski definition) is 2. The summed E-state index contributed by atoms with van der Waals surface area (Å²) in [6.45, 7) is 4.43. The topological polar surface area (TPSA) is 67.4 Å². The molecule has 0 aromatic heterocycles. The van der Waals surface area contributed by atoms with Gasteiger partial charge in [0.05, 0.1) is 12.5 Å². The van der Waals surface area contributed by atoms with Crippen molar-refractivity contribution in [2.24, 2.45) is 11.3 Å². The van der Waals surface area contributed by atoms with Crippen molar-refractivity contribution in [3.63, 3.8) is 0 Å². The van der Waals surface area contributed by atoms with E-state index in [1.807, 2.05) is 30.3 Å². The standard InChI is InChI=1S/C19H26N2O3/c1-2-24-18(23)15(14-6-4-3-5-7-14)13-21-17(22)16-12-19(16)8-10-20-11-9-19/h3-7,15-16,20H,2,8-13H2,1H3,(H,21,22). The third kappa shape index (κ3) is 3.61. The fourth-order valence-corrected chi connectivity index (χ4v) is 3.79. The average molecular weight is 330 g/mol. The molecule has 2 atom stereocenters. The van der Waals surface area contributed by atoms with Gasteiger partial charge in [0.25, 0.3) is 0 Å². The van der Waals surface area contributed by atoms with Gasteiger partial charge in [-0.25, -0.2) is 0 Å². The highest BCUT2D eigenvalue weighted by Gasteiger charge is 2.57. The number of amides is 1. The van der Waals surface area contributed by atoms with Gasteiger partial charge in [-0.2, -0.15) is 0 Å². The van der Waals surface area contributed by atoms with Gasteiger partial charge in [-0.1, -0.05) is 30.3 Å². The second kappa shape index (κ2) is 7.34. The van der Waals surface area contributed by atoms with Crippen molar-refractivity contribution in [1.82, 2.24) is 10.6 Å². The Morgan fingerprint density at radius 3 is 2.67 bits per heavy atom. The Bertz CT molecular complexity index is 582. The largest absolute Gasteiger partial charge is 0.465 e. The van der Waals surface area contributed by atoms with Crippen LogP contribution in [0.2, 0.25) is 0 Å². The predicted octanol–water partition coefficient (Wildman–Crippen LogP) is 1.84. The van der Waals surface area contributed by atoms with Crippen LogP contribution in [0.1, 0.15) is 37.7 Å². The minimum absolute atomic E-state index is 0.0853. The van der Waals surface area contributed by atoms with Gasteiger partial charge in [0.15, 0.2) is 0 Å². The van der Waals surface area contributed by atoms with Gasteiger partial charge in [-0.05, 0) is 50.3 Å². The van der Waals surface area contributed by atoms with Crippen LogP contribution in [0.25, 0.3) is 0 Å². The average Bonchev–Trinajstić information content (AvgIpc) is 3.30. The van der Waals surface area contributed by atoms with Gasteiger partial charge in [0.2, 0.25) is 5.91 Å². The molecule has 1 aliphatic carbocycles. The van der Waals surface area contributed by atoms with E-state index in [0.29, 0.717) is 13.2 Å². The fraction of sp³-hybridized carbons (Fsp3) is 0.579. The highest BCUT2D eigenvalue weighted by molar-refractivity contribution is 5.84. The number of nitrogens with one attached hydrogen (secondary N) is 2. The molecule has 2 unspecified atom stereocenters. The number of ether oxygens (including phenoxy) is 1. The minimum atomic E-state index is -0.446. The van der Waals surface area contributed by atoms with Gasteiger partial charge in [-0.3, -0.25) is 9.59 Å². The van der Waals surface area contributed by atoms with Crippen molar-refractivity contribution in [3.05, 3.63) is 35.9 Å². The zero-order valence-corrected chi connectivity index (χ0v) is 14.2. The number of hydrogen-bond acceptors (Lipinski definition) is 4. The molecule has 0 bridgehead atoms. The molecule has 1 saturated heterocycles. The molecule has 1 amide bonds. The zero-order chi connectivity index (χ0) is 17.0. The van der Waals surface area contributed by atoms with Crippen LogP contribution >= 0.6 is 0 Å². The van der Waals surface area contributed by atoms with E-state index in [2.05, 4.69) is 10.6 Å². The summed E-state index contributed by atoms with van der Waals surface area (Å²) in [6, 6.07) is 9.51. The molecule has 1 aliphatic heterocycles. The van der Waals surface area contributed by atoms with Crippen LogP contribution in [0.4, 0.5) is 0 Å². The molecule has 1 heterocycles. The Kier molecular flexibility index (Phi) is 5.19. The molecule has 0 radical (unpaired) electrons. The van der Waals surface area contributed by atoms with Crippen LogP contribution in [0.5, 0.6) is 0 Å². The van der Waals surface area contributed by atoms with Crippen LogP contribution in [0.3, 0.4) is 0 Å².